The first-order valence-corrected chi connectivity index (χ1v) is 11.8. The minimum absolute atomic E-state index is 0.737. The molecule has 1 aliphatic rings. The molecular formula is C27H36N4O2. The Morgan fingerprint density at radius 3 is 2.21 bits per heavy atom. The molecule has 1 fully saturated rings. The first kappa shape index (κ1) is 23.3. The Bertz CT molecular complexity index is 976. The molecule has 6 heteroatoms. The van der Waals surface area contributed by atoms with E-state index in [4.69, 9.17) is 14.5 Å². The van der Waals surface area contributed by atoms with Gasteiger partial charge in [-0.3, -0.25) is 4.90 Å². The van der Waals surface area contributed by atoms with Crippen LogP contribution in [0.4, 0.5) is 0 Å². The van der Waals surface area contributed by atoms with Gasteiger partial charge in [-0.05, 0) is 87.3 Å². The zero-order valence-corrected chi connectivity index (χ0v) is 20.1. The Morgan fingerprint density at radius 2 is 1.58 bits per heavy atom. The van der Waals surface area contributed by atoms with Gasteiger partial charge in [-0.25, -0.2) is 4.98 Å². The molecule has 0 N–H and O–H groups in total. The van der Waals surface area contributed by atoms with E-state index in [2.05, 4.69) is 45.7 Å². The van der Waals surface area contributed by atoms with Crippen LogP contribution in [0.1, 0.15) is 24.2 Å². The lowest BCUT2D eigenvalue weighted by Gasteiger charge is -2.33. The van der Waals surface area contributed by atoms with E-state index >= 15 is 0 Å². The molecule has 4 rings (SSSR count). The standard InChI is InChI=1S/C27H36N4O2/c1-29-16-12-23(13-17-29)20-30(18-14-22-4-8-25(32-2)9-5-22)21-27-28-15-19-31(27)24-6-10-26(33-3)11-7-24/h4-11,15,19,23H,12-14,16-18,20-21H2,1-3H3. The van der Waals surface area contributed by atoms with Gasteiger partial charge in [-0.1, -0.05) is 12.1 Å². The molecular weight excluding hydrogens is 412 g/mol. The number of hydrogen-bond donors (Lipinski definition) is 0. The van der Waals surface area contributed by atoms with Crippen molar-refractivity contribution < 1.29 is 9.47 Å². The Balaban J connectivity index is 1.47. The summed E-state index contributed by atoms with van der Waals surface area (Å²) in [6.07, 6.45) is 7.50. The average Bonchev–Trinajstić information content (AvgIpc) is 3.32. The second-order valence-corrected chi connectivity index (χ2v) is 8.99. The van der Waals surface area contributed by atoms with E-state index in [0.29, 0.717) is 0 Å². The molecule has 2 aromatic carbocycles. The summed E-state index contributed by atoms with van der Waals surface area (Å²) >= 11 is 0. The molecule has 0 radical (unpaired) electrons. The van der Waals surface area contributed by atoms with Gasteiger partial charge in [0.2, 0.25) is 0 Å². The van der Waals surface area contributed by atoms with Crippen molar-refractivity contribution in [1.82, 2.24) is 19.4 Å². The summed E-state index contributed by atoms with van der Waals surface area (Å²) in [5.74, 6) is 3.58. The highest BCUT2D eigenvalue weighted by atomic mass is 16.5. The molecule has 0 spiro atoms. The summed E-state index contributed by atoms with van der Waals surface area (Å²) in [4.78, 5) is 9.75. The van der Waals surface area contributed by atoms with Crippen molar-refractivity contribution in [2.24, 2.45) is 5.92 Å². The molecule has 0 atom stereocenters. The van der Waals surface area contributed by atoms with Crippen LogP contribution in [0.25, 0.3) is 5.69 Å². The number of likely N-dealkylation sites (tertiary alicyclic amines) is 1. The lowest BCUT2D eigenvalue weighted by atomic mass is 9.96. The Hall–Kier alpha value is -2.83. The zero-order chi connectivity index (χ0) is 23.0. The molecule has 176 valence electrons. The van der Waals surface area contributed by atoms with Crippen molar-refractivity contribution >= 4 is 0 Å². The summed E-state index contributed by atoms with van der Waals surface area (Å²) in [6, 6.07) is 16.6. The molecule has 0 bridgehead atoms. The fourth-order valence-electron chi connectivity index (χ4n) is 4.55. The predicted octanol–water partition coefficient (Wildman–Crippen LogP) is 4.28. The van der Waals surface area contributed by atoms with E-state index in [-0.39, 0.29) is 0 Å². The maximum Gasteiger partial charge on any atom is 0.127 e. The van der Waals surface area contributed by atoms with E-state index in [1.807, 2.05) is 36.7 Å². The highest BCUT2D eigenvalue weighted by Crippen LogP contribution is 2.21. The van der Waals surface area contributed by atoms with Gasteiger partial charge in [0.1, 0.15) is 17.3 Å². The van der Waals surface area contributed by atoms with E-state index < -0.39 is 0 Å². The van der Waals surface area contributed by atoms with Gasteiger partial charge in [0.15, 0.2) is 0 Å². The van der Waals surface area contributed by atoms with Crippen molar-refractivity contribution in [3.05, 3.63) is 72.3 Å². The van der Waals surface area contributed by atoms with Crippen molar-refractivity contribution in [2.75, 3.05) is 47.4 Å². The predicted molar refractivity (Wildman–Crippen MR) is 132 cm³/mol. The number of imidazole rings is 1. The average molecular weight is 449 g/mol. The lowest BCUT2D eigenvalue weighted by molar-refractivity contribution is 0.154. The number of rotatable bonds is 10. The van der Waals surface area contributed by atoms with Gasteiger partial charge < -0.3 is 18.9 Å². The fourth-order valence-corrected chi connectivity index (χ4v) is 4.55. The summed E-state index contributed by atoms with van der Waals surface area (Å²) in [5, 5.41) is 0. The maximum absolute atomic E-state index is 5.32. The van der Waals surface area contributed by atoms with Crippen LogP contribution in [0.3, 0.4) is 0 Å². The molecule has 0 saturated carbocycles. The third-order valence-corrected chi connectivity index (χ3v) is 6.66. The first-order valence-electron chi connectivity index (χ1n) is 11.8. The smallest absolute Gasteiger partial charge is 0.127 e. The fraction of sp³-hybridized carbons (Fsp3) is 0.444. The summed E-state index contributed by atoms with van der Waals surface area (Å²) in [7, 11) is 5.63. The van der Waals surface area contributed by atoms with Crippen molar-refractivity contribution in [3.8, 4) is 17.2 Å². The summed E-state index contributed by atoms with van der Waals surface area (Å²) < 4.78 is 12.8. The van der Waals surface area contributed by atoms with E-state index in [1.165, 1.54) is 31.5 Å². The maximum atomic E-state index is 5.32. The number of piperidine rings is 1. The second kappa shape index (κ2) is 11.3. The molecule has 3 aromatic rings. The van der Waals surface area contributed by atoms with Crippen LogP contribution in [0.5, 0.6) is 11.5 Å². The molecule has 0 amide bonds. The van der Waals surface area contributed by atoms with Crippen molar-refractivity contribution in [2.45, 2.75) is 25.8 Å². The van der Waals surface area contributed by atoms with Gasteiger partial charge in [0.05, 0.1) is 20.8 Å². The molecule has 1 saturated heterocycles. The van der Waals surface area contributed by atoms with Gasteiger partial charge in [0, 0.05) is 31.2 Å². The Morgan fingerprint density at radius 1 is 0.939 bits per heavy atom. The van der Waals surface area contributed by atoms with E-state index in [9.17, 15) is 0 Å². The molecule has 33 heavy (non-hydrogen) atoms. The van der Waals surface area contributed by atoms with Crippen LogP contribution in [-0.4, -0.2) is 66.8 Å². The number of hydrogen-bond acceptors (Lipinski definition) is 5. The monoisotopic (exact) mass is 448 g/mol. The highest BCUT2D eigenvalue weighted by molar-refractivity contribution is 5.38. The van der Waals surface area contributed by atoms with Crippen molar-refractivity contribution in [3.63, 3.8) is 0 Å². The number of benzene rings is 2. The van der Waals surface area contributed by atoms with Crippen molar-refractivity contribution in [1.29, 1.82) is 0 Å². The minimum atomic E-state index is 0.737. The molecule has 1 aliphatic heterocycles. The largest absolute Gasteiger partial charge is 0.497 e. The third kappa shape index (κ3) is 6.36. The van der Waals surface area contributed by atoms with E-state index in [0.717, 1.165) is 55.0 Å². The Kier molecular flexibility index (Phi) is 8.02. The van der Waals surface area contributed by atoms with Gasteiger partial charge in [-0.15, -0.1) is 0 Å². The van der Waals surface area contributed by atoms with Gasteiger partial charge in [-0.2, -0.15) is 0 Å². The number of aromatic nitrogens is 2. The molecule has 6 nitrogen and oxygen atoms in total. The molecule has 0 unspecified atom stereocenters. The lowest BCUT2D eigenvalue weighted by Crippen LogP contribution is -2.38. The highest BCUT2D eigenvalue weighted by Gasteiger charge is 2.21. The Labute approximate surface area is 197 Å². The topological polar surface area (TPSA) is 42.8 Å². The minimum Gasteiger partial charge on any atom is -0.497 e. The molecule has 1 aromatic heterocycles. The van der Waals surface area contributed by atoms with E-state index in [1.54, 1.807) is 14.2 Å². The summed E-state index contributed by atoms with van der Waals surface area (Å²) in [6.45, 7) is 5.34. The molecule has 2 heterocycles. The molecule has 0 aliphatic carbocycles. The SMILES string of the molecule is COc1ccc(CCN(Cc2nccn2-c2ccc(OC)cc2)CC2CCN(C)CC2)cc1. The van der Waals surface area contributed by atoms with Crippen LogP contribution in [0, 0.1) is 5.92 Å². The van der Waals surface area contributed by atoms with Gasteiger partial charge in [0.25, 0.3) is 0 Å². The van der Waals surface area contributed by atoms with Crippen LogP contribution >= 0.6 is 0 Å². The quantitative estimate of drug-likeness (QED) is 0.463. The number of nitrogens with zero attached hydrogens (tertiary/aromatic N) is 4. The van der Waals surface area contributed by atoms with Crippen LogP contribution in [0.15, 0.2) is 60.9 Å². The van der Waals surface area contributed by atoms with Gasteiger partial charge >= 0.3 is 0 Å². The number of ether oxygens (including phenoxy) is 2. The van der Waals surface area contributed by atoms with Crippen LogP contribution in [-0.2, 0) is 13.0 Å². The first-order chi connectivity index (χ1) is 16.1. The third-order valence-electron chi connectivity index (χ3n) is 6.66. The summed E-state index contributed by atoms with van der Waals surface area (Å²) in [5.41, 5.74) is 2.44. The van der Waals surface area contributed by atoms with Crippen LogP contribution in [0.2, 0.25) is 0 Å². The van der Waals surface area contributed by atoms with Crippen LogP contribution < -0.4 is 9.47 Å². The second-order valence-electron chi connectivity index (χ2n) is 8.99. The normalized spacial score (nSPS) is 15.2. The zero-order valence-electron chi connectivity index (χ0n) is 20.1. The number of methoxy groups -OCH3 is 2.